The maximum absolute atomic E-state index is 11.4. The van der Waals surface area contributed by atoms with Crippen LogP contribution in [-0.4, -0.2) is 27.3 Å². The van der Waals surface area contributed by atoms with Gasteiger partial charge in [-0.05, 0) is 6.92 Å². The third kappa shape index (κ3) is 3.41. The van der Waals surface area contributed by atoms with Gasteiger partial charge >= 0.3 is 5.97 Å². The van der Waals surface area contributed by atoms with Crippen molar-refractivity contribution < 1.29 is 9.53 Å². The molecule has 0 aliphatic carbocycles. The molecule has 0 radical (unpaired) electrons. The van der Waals surface area contributed by atoms with Crippen LogP contribution in [0.15, 0.2) is 12.2 Å². The van der Waals surface area contributed by atoms with Gasteiger partial charge < -0.3 is 4.74 Å². The molecule has 1 aromatic rings. The maximum Gasteiger partial charge on any atom is 0.335 e. The monoisotopic (exact) mass is 237 g/mol. The van der Waals surface area contributed by atoms with Crippen molar-refractivity contribution >= 4 is 5.97 Å². The molecule has 17 heavy (non-hydrogen) atoms. The lowest BCUT2D eigenvalue weighted by Crippen LogP contribution is -2.15. The van der Waals surface area contributed by atoms with Crippen molar-refractivity contribution in [2.75, 3.05) is 6.61 Å². The van der Waals surface area contributed by atoms with Crippen LogP contribution in [0.4, 0.5) is 0 Å². The fourth-order valence-electron chi connectivity index (χ4n) is 1.44. The Morgan fingerprint density at radius 1 is 1.35 bits per heavy atom. The van der Waals surface area contributed by atoms with Gasteiger partial charge in [0, 0.05) is 12.8 Å². The molecule has 0 bridgehead atoms. The number of aromatic nitrogens is 3. The Kier molecular flexibility index (Phi) is 4.87. The van der Waals surface area contributed by atoms with Crippen LogP contribution in [0.1, 0.15) is 32.4 Å². The Labute approximate surface area is 101 Å². The van der Waals surface area contributed by atoms with E-state index in [4.69, 9.17) is 4.74 Å². The lowest BCUT2D eigenvalue weighted by Gasteiger charge is -2.06. The first-order chi connectivity index (χ1) is 8.12. The highest BCUT2D eigenvalue weighted by Gasteiger charge is 2.13. The molecule has 0 fully saturated rings. The van der Waals surface area contributed by atoms with Gasteiger partial charge in [-0.15, -0.1) is 0 Å². The molecular weight excluding hydrogens is 218 g/mol. The smallest absolute Gasteiger partial charge is 0.335 e. The zero-order valence-electron chi connectivity index (χ0n) is 10.7. The van der Waals surface area contributed by atoms with Crippen LogP contribution in [0.25, 0.3) is 0 Å². The van der Waals surface area contributed by atoms with E-state index in [9.17, 15) is 4.79 Å². The molecule has 0 saturated carbocycles. The summed E-state index contributed by atoms with van der Waals surface area (Å²) in [6, 6.07) is 0. The van der Waals surface area contributed by atoms with Crippen molar-refractivity contribution in [2.45, 2.75) is 40.2 Å². The summed E-state index contributed by atoms with van der Waals surface area (Å²) in [5, 5.41) is 4.32. The summed E-state index contributed by atoms with van der Waals surface area (Å²) >= 11 is 0. The molecule has 5 nitrogen and oxygen atoms in total. The second-order valence-electron chi connectivity index (χ2n) is 3.63. The number of rotatable bonds is 6. The lowest BCUT2D eigenvalue weighted by molar-refractivity contribution is -0.138. The molecule has 0 spiro atoms. The van der Waals surface area contributed by atoms with E-state index in [1.54, 1.807) is 11.6 Å². The summed E-state index contributed by atoms with van der Waals surface area (Å²) in [7, 11) is 0. The first-order valence-corrected chi connectivity index (χ1v) is 5.89. The van der Waals surface area contributed by atoms with Crippen LogP contribution >= 0.6 is 0 Å². The minimum Gasteiger partial charge on any atom is -0.463 e. The normalized spacial score (nSPS) is 10.3. The summed E-state index contributed by atoms with van der Waals surface area (Å²) < 4.78 is 6.60. The summed E-state index contributed by atoms with van der Waals surface area (Å²) in [6.07, 6.45) is 1.56. The summed E-state index contributed by atoms with van der Waals surface area (Å²) in [6.45, 7) is 10.2. The van der Waals surface area contributed by atoms with Crippen molar-refractivity contribution in [2.24, 2.45) is 0 Å². The van der Waals surface area contributed by atoms with Gasteiger partial charge in [0.1, 0.15) is 5.82 Å². The molecule has 94 valence electrons. The number of carbonyl (C=O) groups is 1. The van der Waals surface area contributed by atoms with Gasteiger partial charge in [-0.2, -0.15) is 5.10 Å². The number of ether oxygens (including phenoxy) is 1. The molecule has 5 heteroatoms. The average Bonchev–Trinajstić information content (AvgIpc) is 2.71. The van der Waals surface area contributed by atoms with Crippen molar-refractivity contribution in [1.82, 2.24) is 14.8 Å². The van der Waals surface area contributed by atoms with Gasteiger partial charge in [0.2, 0.25) is 0 Å². The van der Waals surface area contributed by atoms with Gasteiger partial charge in [0.15, 0.2) is 5.82 Å². The van der Waals surface area contributed by atoms with Crippen molar-refractivity contribution in [1.29, 1.82) is 0 Å². The molecule has 0 aromatic carbocycles. The first-order valence-electron chi connectivity index (χ1n) is 5.89. The Morgan fingerprint density at radius 3 is 2.59 bits per heavy atom. The Balaban J connectivity index is 2.76. The van der Waals surface area contributed by atoms with Crippen LogP contribution in [0.3, 0.4) is 0 Å². The average molecular weight is 237 g/mol. The van der Waals surface area contributed by atoms with E-state index in [1.807, 2.05) is 13.8 Å². The predicted molar refractivity (Wildman–Crippen MR) is 64.6 cm³/mol. The maximum atomic E-state index is 11.4. The highest BCUT2D eigenvalue weighted by Crippen LogP contribution is 2.05. The van der Waals surface area contributed by atoms with Gasteiger partial charge in [-0.25, -0.2) is 14.5 Å². The van der Waals surface area contributed by atoms with E-state index < -0.39 is 0 Å². The summed E-state index contributed by atoms with van der Waals surface area (Å²) in [4.78, 5) is 15.8. The Morgan fingerprint density at radius 2 is 2.06 bits per heavy atom. The molecule has 0 unspecified atom stereocenters. The molecular formula is C12H19N3O2. The minimum atomic E-state index is -0.372. The number of nitrogens with zero attached hydrogens (tertiary/aromatic N) is 3. The van der Waals surface area contributed by atoms with E-state index in [1.165, 1.54) is 0 Å². The third-order valence-corrected chi connectivity index (χ3v) is 2.33. The SMILES string of the molecule is C=C(Cn1nc(CC)nc1CC)C(=O)OCC. The molecule has 0 saturated heterocycles. The van der Waals surface area contributed by atoms with Gasteiger partial charge in [0.05, 0.1) is 18.7 Å². The zero-order chi connectivity index (χ0) is 12.8. The van der Waals surface area contributed by atoms with E-state index in [0.717, 1.165) is 24.5 Å². The molecule has 0 aliphatic heterocycles. The molecule has 1 aromatic heterocycles. The fourth-order valence-corrected chi connectivity index (χ4v) is 1.44. The molecule has 0 atom stereocenters. The summed E-state index contributed by atoms with van der Waals surface area (Å²) in [5.41, 5.74) is 0.397. The van der Waals surface area contributed by atoms with Crippen molar-refractivity contribution in [3.05, 3.63) is 23.8 Å². The van der Waals surface area contributed by atoms with Crippen molar-refractivity contribution in [3.8, 4) is 0 Å². The predicted octanol–water partition coefficient (Wildman–Crippen LogP) is 1.52. The van der Waals surface area contributed by atoms with Gasteiger partial charge in [-0.1, -0.05) is 20.4 Å². The third-order valence-electron chi connectivity index (χ3n) is 2.33. The number of aryl methyl sites for hydroxylation is 2. The Bertz CT molecular complexity index is 410. The van der Waals surface area contributed by atoms with E-state index >= 15 is 0 Å². The second kappa shape index (κ2) is 6.18. The second-order valence-corrected chi connectivity index (χ2v) is 3.63. The highest BCUT2D eigenvalue weighted by molar-refractivity contribution is 5.87. The molecule has 1 heterocycles. The Hall–Kier alpha value is -1.65. The number of hydrogen-bond acceptors (Lipinski definition) is 4. The summed E-state index contributed by atoms with van der Waals surface area (Å²) in [5.74, 6) is 1.29. The lowest BCUT2D eigenvalue weighted by atomic mass is 10.3. The number of esters is 1. The van der Waals surface area contributed by atoms with Gasteiger partial charge in [0.25, 0.3) is 0 Å². The quantitative estimate of drug-likeness (QED) is 0.556. The van der Waals surface area contributed by atoms with Crippen LogP contribution in [0.2, 0.25) is 0 Å². The largest absolute Gasteiger partial charge is 0.463 e. The first kappa shape index (κ1) is 13.4. The van der Waals surface area contributed by atoms with E-state index in [2.05, 4.69) is 16.7 Å². The number of hydrogen-bond donors (Lipinski definition) is 0. The minimum absolute atomic E-state index is 0.342. The highest BCUT2D eigenvalue weighted by atomic mass is 16.5. The van der Waals surface area contributed by atoms with E-state index in [-0.39, 0.29) is 5.97 Å². The van der Waals surface area contributed by atoms with Crippen LogP contribution in [-0.2, 0) is 28.9 Å². The molecule has 0 aliphatic rings. The van der Waals surface area contributed by atoms with Crippen LogP contribution in [0.5, 0.6) is 0 Å². The zero-order valence-corrected chi connectivity index (χ0v) is 10.7. The molecule has 0 amide bonds. The number of carbonyl (C=O) groups excluding carboxylic acids is 1. The van der Waals surface area contributed by atoms with E-state index in [0.29, 0.717) is 18.7 Å². The van der Waals surface area contributed by atoms with Crippen LogP contribution in [0, 0.1) is 0 Å². The molecule has 1 rings (SSSR count). The van der Waals surface area contributed by atoms with Gasteiger partial charge in [-0.3, -0.25) is 0 Å². The molecule has 0 N–H and O–H groups in total. The topological polar surface area (TPSA) is 57.0 Å². The fraction of sp³-hybridized carbons (Fsp3) is 0.583. The van der Waals surface area contributed by atoms with Crippen molar-refractivity contribution in [3.63, 3.8) is 0 Å². The van der Waals surface area contributed by atoms with Crippen LogP contribution < -0.4 is 0 Å². The standard InChI is InChI=1S/C12H19N3O2/c1-5-10-13-11(6-2)15(14-10)8-9(4)12(16)17-7-3/h4-8H2,1-3H3.